The van der Waals surface area contributed by atoms with E-state index in [0.717, 1.165) is 17.5 Å². The molecule has 1 N–H and O–H groups in total. The normalized spacial score (nSPS) is 10.3. The third-order valence-corrected chi connectivity index (χ3v) is 2.28. The predicted octanol–water partition coefficient (Wildman–Crippen LogP) is 2.87. The van der Waals surface area contributed by atoms with Crippen LogP contribution in [0.15, 0.2) is 24.4 Å². The first kappa shape index (κ1) is 8.83. The first-order valence-electron chi connectivity index (χ1n) is 4.51. The number of aromatic nitrogens is 1. The summed E-state index contributed by atoms with van der Waals surface area (Å²) in [7, 11) is 0. The molecule has 1 aromatic carbocycles. The molecule has 1 aromatic heterocycles. The molecule has 0 unspecified atom stereocenters. The maximum atomic E-state index is 13.4. The number of halogens is 1. The Morgan fingerprint density at radius 3 is 3.07 bits per heavy atom. The maximum Gasteiger partial charge on any atom is 0.132 e. The highest BCUT2D eigenvalue weighted by atomic mass is 19.1. The molecular formula is C12H10FN. The zero-order valence-electron chi connectivity index (χ0n) is 7.68. The SMILES string of the molecule is C#CCCc1c[nH]c2cccc(F)c12. The second-order valence-corrected chi connectivity index (χ2v) is 3.18. The van der Waals surface area contributed by atoms with Gasteiger partial charge in [0.1, 0.15) is 5.82 Å². The molecule has 0 atom stereocenters. The predicted molar refractivity (Wildman–Crippen MR) is 55.4 cm³/mol. The van der Waals surface area contributed by atoms with Crippen molar-refractivity contribution >= 4 is 10.9 Å². The van der Waals surface area contributed by atoms with Crippen LogP contribution >= 0.6 is 0 Å². The lowest BCUT2D eigenvalue weighted by molar-refractivity contribution is 0.639. The fraction of sp³-hybridized carbons (Fsp3) is 0.167. The van der Waals surface area contributed by atoms with Crippen molar-refractivity contribution in [2.75, 3.05) is 0 Å². The summed E-state index contributed by atoms with van der Waals surface area (Å²) in [5.74, 6) is 2.37. The number of terminal acetylenes is 1. The van der Waals surface area contributed by atoms with Crippen LogP contribution < -0.4 is 0 Å². The van der Waals surface area contributed by atoms with Crippen LogP contribution in [0, 0.1) is 18.2 Å². The van der Waals surface area contributed by atoms with E-state index in [1.54, 1.807) is 6.07 Å². The van der Waals surface area contributed by atoms with Crippen molar-refractivity contribution < 1.29 is 4.39 Å². The van der Waals surface area contributed by atoms with Crippen LogP contribution in [-0.4, -0.2) is 4.98 Å². The second kappa shape index (κ2) is 3.55. The molecule has 0 saturated carbocycles. The fourth-order valence-corrected chi connectivity index (χ4v) is 1.61. The minimum atomic E-state index is -0.184. The van der Waals surface area contributed by atoms with Gasteiger partial charge < -0.3 is 4.98 Å². The summed E-state index contributed by atoms with van der Waals surface area (Å²) in [5.41, 5.74) is 1.79. The van der Waals surface area contributed by atoms with Crippen molar-refractivity contribution in [2.45, 2.75) is 12.8 Å². The topological polar surface area (TPSA) is 15.8 Å². The molecule has 0 aliphatic rings. The molecule has 14 heavy (non-hydrogen) atoms. The van der Waals surface area contributed by atoms with Crippen LogP contribution in [-0.2, 0) is 6.42 Å². The molecule has 2 rings (SSSR count). The Bertz CT molecular complexity index is 490. The van der Waals surface area contributed by atoms with E-state index < -0.39 is 0 Å². The van der Waals surface area contributed by atoms with Gasteiger partial charge in [-0.25, -0.2) is 4.39 Å². The molecule has 0 aliphatic carbocycles. The molecule has 2 heteroatoms. The van der Waals surface area contributed by atoms with E-state index in [9.17, 15) is 4.39 Å². The van der Waals surface area contributed by atoms with E-state index in [4.69, 9.17) is 6.42 Å². The van der Waals surface area contributed by atoms with Crippen molar-refractivity contribution in [3.05, 3.63) is 35.8 Å². The molecule has 70 valence electrons. The summed E-state index contributed by atoms with van der Waals surface area (Å²) >= 11 is 0. The minimum absolute atomic E-state index is 0.184. The monoisotopic (exact) mass is 187 g/mol. The van der Waals surface area contributed by atoms with E-state index in [0.29, 0.717) is 11.8 Å². The van der Waals surface area contributed by atoms with Crippen molar-refractivity contribution in [3.8, 4) is 12.3 Å². The summed E-state index contributed by atoms with van der Waals surface area (Å²) in [6.45, 7) is 0. The molecule has 0 spiro atoms. The van der Waals surface area contributed by atoms with Gasteiger partial charge in [-0.1, -0.05) is 6.07 Å². The van der Waals surface area contributed by atoms with Gasteiger partial charge in [0.15, 0.2) is 0 Å². The first-order valence-corrected chi connectivity index (χ1v) is 4.51. The Labute approximate surface area is 81.9 Å². The van der Waals surface area contributed by atoms with Crippen LogP contribution in [0.1, 0.15) is 12.0 Å². The van der Waals surface area contributed by atoms with Crippen molar-refractivity contribution in [2.24, 2.45) is 0 Å². The lowest BCUT2D eigenvalue weighted by Gasteiger charge is -1.96. The highest BCUT2D eigenvalue weighted by Crippen LogP contribution is 2.22. The van der Waals surface area contributed by atoms with Gasteiger partial charge in [-0.2, -0.15) is 0 Å². The Morgan fingerprint density at radius 2 is 2.29 bits per heavy atom. The van der Waals surface area contributed by atoms with Crippen molar-refractivity contribution in [1.29, 1.82) is 0 Å². The summed E-state index contributed by atoms with van der Waals surface area (Å²) in [6.07, 6.45) is 8.36. The molecule has 1 nitrogen and oxygen atoms in total. The molecule has 0 radical (unpaired) electrons. The van der Waals surface area contributed by atoms with Gasteiger partial charge in [0.05, 0.1) is 0 Å². The van der Waals surface area contributed by atoms with Crippen molar-refractivity contribution in [3.63, 3.8) is 0 Å². The van der Waals surface area contributed by atoms with E-state index >= 15 is 0 Å². The lowest BCUT2D eigenvalue weighted by atomic mass is 10.1. The number of aryl methyl sites for hydroxylation is 1. The van der Waals surface area contributed by atoms with Crippen LogP contribution in [0.25, 0.3) is 10.9 Å². The average Bonchev–Trinajstić information content (AvgIpc) is 2.59. The highest BCUT2D eigenvalue weighted by Gasteiger charge is 2.06. The summed E-state index contributed by atoms with van der Waals surface area (Å²) in [5, 5.41) is 0.669. The van der Waals surface area contributed by atoms with Gasteiger partial charge in [-0.3, -0.25) is 0 Å². The first-order chi connectivity index (χ1) is 6.83. The van der Waals surface area contributed by atoms with Crippen LogP contribution in [0.3, 0.4) is 0 Å². The number of H-pyrrole nitrogens is 1. The number of benzene rings is 1. The summed E-state index contributed by atoms with van der Waals surface area (Å²) < 4.78 is 13.4. The number of aromatic amines is 1. The molecular weight excluding hydrogens is 177 g/mol. The molecule has 0 bridgehead atoms. The largest absolute Gasteiger partial charge is 0.361 e. The van der Waals surface area contributed by atoms with Gasteiger partial charge in [0, 0.05) is 23.5 Å². The highest BCUT2D eigenvalue weighted by molar-refractivity contribution is 5.83. The third-order valence-electron chi connectivity index (χ3n) is 2.28. The molecule has 1 heterocycles. The quantitative estimate of drug-likeness (QED) is 0.696. The smallest absolute Gasteiger partial charge is 0.132 e. The van der Waals surface area contributed by atoms with Gasteiger partial charge >= 0.3 is 0 Å². The molecule has 0 aliphatic heterocycles. The number of hydrogen-bond acceptors (Lipinski definition) is 0. The Kier molecular flexibility index (Phi) is 2.24. The zero-order valence-corrected chi connectivity index (χ0v) is 7.68. The fourth-order valence-electron chi connectivity index (χ4n) is 1.61. The number of hydrogen-bond donors (Lipinski definition) is 1. The Balaban J connectivity index is 2.51. The third kappa shape index (κ3) is 1.38. The number of nitrogens with one attached hydrogen (secondary N) is 1. The lowest BCUT2D eigenvalue weighted by Crippen LogP contribution is -1.83. The second-order valence-electron chi connectivity index (χ2n) is 3.18. The van der Waals surface area contributed by atoms with E-state index in [1.807, 2.05) is 12.3 Å². The number of fused-ring (bicyclic) bond motifs is 1. The van der Waals surface area contributed by atoms with Gasteiger partial charge in [-0.05, 0) is 24.1 Å². The van der Waals surface area contributed by atoms with E-state index in [1.165, 1.54) is 6.07 Å². The molecule has 0 fully saturated rings. The van der Waals surface area contributed by atoms with Crippen LogP contribution in [0.5, 0.6) is 0 Å². The van der Waals surface area contributed by atoms with Crippen LogP contribution in [0.2, 0.25) is 0 Å². The standard InChI is InChI=1S/C12H10FN/c1-2-3-5-9-8-14-11-7-4-6-10(13)12(9)11/h1,4,6-8,14H,3,5H2. The Hall–Kier alpha value is -1.75. The van der Waals surface area contributed by atoms with Gasteiger partial charge in [0.2, 0.25) is 0 Å². The molecule has 2 aromatic rings. The minimum Gasteiger partial charge on any atom is -0.361 e. The van der Waals surface area contributed by atoms with Gasteiger partial charge in [0.25, 0.3) is 0 Å². The molecule has 0 saturated heterocycles. The Morgan fingerprint density at radius 1 is 1.43 bits per heavy atom. The van der Waals surface area contributed by atoms with E-state index in [-0.39, 0.29) is 5.82 Å². The van der Waals surface area contributed by atoms with Crippen molar-refractivity contribution in [1.82, 2.24) is 4.98 Å². The summed E-state index contributed by atoms with van der Waals surface area (Å²) in [4.78, 5) is 3.03. The summed E-state index contributed by atoms with van der Waals surface area (Å²) in [6, 6.07) is 5.02. The van der Waals surface area contributed by atoms with Crippen LogP contribution in [0.4, 0.5) is 4.39 Å². The zero-order chi connectivity index (χ0) is 9.97. The van der Waals surface area contributed by atoms with Gasteiger partial charge in [-0.15, -0.1) is 12.3 Å². The average molecular weight is 187 g/mol. The van der Waals surface area contributed by atoms with E-state index in [2.05, 4.69) is 10.9 Å². The molecule has 0 amide bonds. The number of rotatable bonds is 2. The maximum absolute atomic E-state index is 13.4.